The van der Waals surface area contributed by atoms with Crippen LogP contribution in [0.15, 0.2) is 42.6 Å². The van der Waals surface area contributed by atoms with Crippen molar-refractivity contribution < 1.29 is 9.59 Å². The minimum Gasteiger partial charge on any atom is -0.350 e. The molecule has 0 saturated carbocycles. The summed E-state index contributed by atoms with van der Waals surface area (Å²) in [6.45, 7) is 2.65. The van der Waals surface area contributed by atoms with Crippen LogP contribution in [-0.2, 0) is 0 Å². The van der Waals surface area contributed by atoms with Crippen molar-refractivity contribution in [3.8, 4) is 0 Å². The predicted octanol–water partition coefficient (Wildman–Crippen LogP) is 0.967. The smallest absolute Gasteiger partial charge is 0.271 e. The number of hydrogen-bond acceptors (Lipinski definition) is 4. The Morgan fingerprint density at radius 2 is 1.88 bits per heavy atom. The van der Waals surface area contributed by atoms with Crippen LogP contribution in [0.25, 0.3) is 0 Å². The van der Waals surface area contributed by atoms with Crippen LogP contribution in [0, 0.1) is 0 Å². The lowest BCUT2D eigenvalue weighted by molar-refractivity contribution is 0.0924. The van der Waals surface area contributed by atoms with Crippen molar-refractivity contribution in [1.29, 1.82) is 0 Å². The van der Waals surface area contributed by atoms with Gasteiger partial charge in [-0.05, 0) is 37.6 Å². The van der Waals surface area contributed by atoms with E-state index in [2.05, 4.69) is 21.0 Å². The summed E-state index contributed by atoms with van der Waals surface area (Å²) in [5, 5.41) is 13.3. The second kappa shape index (κ2) is 8.43. The van der Waals surface area contributed by atoms with E-state index in [-0.39, 0.29) is 11.8 Å². The number of amides is 2. The molecular weight excluding hydrogens is 318 g/mol. The van der Waals surface area contributed by atoms with Crippen LogP contribution in [0.2, 0.25) is 0 Å². The molecule has 0 radical (unpaired) electrons. The maximum atomic E-state index is 12.1. The fraction of sp³-hybridized carbons (Fsp3) is 0.389. The van der Waals surface area contributed by atoms with Crippen molar-refractivity contribution in [3.05, 3.63) is 53.9 Å². The fourth-order valence-corrected chi connectivity index (χ4v) is 2.86. The third kappa shape index (κ3) is 4.67. The molecule has 132 valence electrons. The highest BCUT2D eigenvalue weighted by Gasteiger charge is 2.17. The van der Waals surface area contributed by atoms with Gasteiger partial charge in [0.05, 0.1) is 6.04 Å². The number of hydrogen-bond donors (Lipinski definition) is 3. The minimum absolute atomic E-state index is 0.149. The molecule has 2 amide bonds. The van der Waals surface area contributed by atoms with Gasteiger partial charge in [0.25, 0.3) is 11.8 Å². The van der Waals surface area contributed by atoms with Crippen LogP contribution in [-0.4, -0.2) is 47.8 Å². The SMILES string of the molecule is O=C(NCCNC(=O)c1ccn(C2CCCNC2)n1)c1ccccc1. The van der Waals surface area contributed by atoms with Gasteiger partial charge in [-0.1, -0.05) is 18.2 Å². The average molecular weight is 341 g/mol. The minimum atomic E-state index is -0.225. The zero-order chi connectivity index (χ0) is 17.5. The largest absolute Gasteiger partial charge is 0.350 e. The second-order valence-corrected chi connectivity index (χ2v) is 6.06. The zero-order valence-corrected chi connectivity index (χ0v) is 14.1. The van der Waals surface area contributed by atoms with Crippen molar-refractivity contribution in [2.24, 2.45) is 0 Å². The molecule has 1 fully saturated rings. The Labute approximate surface area is 146 Å². The Balaban J connectivity index is 1.42. The Hall–Kier alpha value is -2.67. The van der Waals surface area contributed by atoms with Crippen molar-refractivity contribution in [3.63, 3.8) is 0 Å². The fourth-order valence-electron chi connectivity index (χ4n) is 2.86. The summed E-state index contributed by atoms with van der Waals surface area (Å²) in [5.74, 6) is -0.375. The molecule has 1 aliphatic heterocycles. The first-order valence-electron chi connectivity index (χ1n) is 8.61. The monoisotopic (exact) mass is 341 g/mol. The first-order chi connectivity index (χ1) is 12.2. The van der Waals surface area contributed by atoms with Gasteiger partial charge in [0.2, 0.25) is 0 Å². The van der Waals surface area contributed by atoms with Gasteiger partial charge in [0.1, 0.15) is 5.69 Å². The van der Waals surface area contributed by atoms with E-state index in [1.165, 1.54) is 0 Å². The van der Waals surface area contributed by atoms with E-state index < -0.39 is 0 Å². The molecule has 1 aromatic heterocycles. The highest BCUT2D eigenvalue weighted by molar-refractivity contribution is 5.94. The normalized spacial score (nSPS) is 17.0. The van der Waals surface area contributed by atoms with Crippen molar-refractivity contribution in [1.82, 2.24) is 25.7 Å². The lowest BCUT2D eigenvalue weighted by Crippen LogP contribution is -2.35. The van der Waals surface area contributed by atoms with Gasteiger partial charge in [-0.2, -0.15) is 5.10 Å². The summed E-state index contributed by atoms with van der Waals surface area (Å²) in [6, 6.07) is 11.0. The van der Waals surface area contributed by atoms with Crippen LogP contribution in [0.5, 0.6) is 0 Å². The average Bonchev–Trinajstić information content (AvgIpc) is 3.16. The van der Waals surface area contributed by atoms with Gasteiger partial charge in [-0.25, -0.2) is 0 Å². The Kier molecular flexibility index (Phi) is 5.79. The Bertz CT molecular complexity index is 707. The third-order valence-corrected chi connectivity index (χ3v) is 4.22. The molecule has 1 aliphatic rings. The summed E-state index contributed by atoms with van der Waals surface area (Å²) in [6.07, 6.45) is 4.04. The standard InChI is InChI=1S/C18H23N5O2/c24-17(14-5-2-1-3-6-14)20-10-11-21-18(25)16-8-12-23(22-16)15-7-4-9-19-13-15/h1-3,5-6,8,12,15,19H,4,7,9-11,13H2,(H,20,24)(H,21,25). The maximum Gasteiger partial charge on any atom is 0.271 e. The van der Waals surface area contributed by atoms with Crippen molar-refractivity contribution in [2.45, 2.75) is 18.9 Å². The third-order valence-electron chi connectivity index (χ3n) is 4.22. The summed E-state index contributed by atoms with van der Waals surface area (Å²) >= 11 is 0. The number of carbonyl (C=O) groups is 2. The molecule has 0 spiro atoms. The van der Waals surface area contributed by atoms with Crippen molar-refractivity contribution >= 4 is 11.8 Å². The molecule has 1 atom stereocenters. The number of nitrogens with one attached hydrogen (secondary N) is 3. The molecule has 7 nitrogen and oxygen atoms in total. The first-order valence-corrected chi connectivity index (χ1v) is 8.61. The van der Waals surface area contributed by atoms with Crippen LogP contribution >= 0.6 is 0 Å². The van der Waals surface area contributed by atoms with E-state index in [1.807, 2.05) is 29.1 Å². The van der Waals surface area contributed by atoms with Gasteiger partial charge in [-0.15, -0.1) is 0 Å². The van der Waals surface area contributed by atoms with E-state index >= 15 is 0 Å². The lowest BCUT2D eigenvalue weighted by Gasteiger charge is -2.22. The van der Waals surface area contributed by atoms with Gasteiger partial charge in [0, 0.05) is 31.4 Å². The molecule has 2 aromatic rings. The number of piperidine rings is 1. The summed E-state index contributed by atoms with van der Waals surface area (Å²) in [4.78, 5) is 24.0. The first kappa shape index (κ1) is 17.2. The molecule has 1 aromatic carbocycles. The molecule has 0 aliphatic carbocycles. The quantitative estimate of drug-likeness (QED) is 0.683. The molecule has 3 rings (SSSR count). The van der Waals surface area contributed by atoms with Crippen molar-refractivity contribution in [2.75, 3.05) is 26.2 Å². The molecule has 7 heteroatoms. The molecule has 1 saturated heterocycles. The van der Waals surface area contributed by atoms with Crippen LogP contribution in [0.4, 0.5) is 0 Å². The van der Waals surface area contributed by atoms with E-state index in [9.17, 15) is 9.59 Å². The topological polar surface area (TPSA) is 88.0 Å². The highest BCUT2D eigenvalue weighted by atomic mass is 16.2. The van der Waals surface area contributed by atoms with Gasteiger partial charge >= 0.3 is 0 Å². The summed E-state index contributed by atoms with van der Waals surface area (Å²) < 4.78 is 1.86. The summed E-state index contributed by atoms with van der Waals surface area (Å²) in [7, 11) is 0. The molecular formula is C18H23N5O2. The number of benzene rings is 1. The number of rotatable bonds is 6. The Morgan fingerprint density at radius 1 is 1.12 bits per heavy atom. The number of nitrogens with zero attached hydrogens (tertiary/aromatic N) is 2. The van der Waals surface area contributed by atoms with E-state index in [0.29, 0.717) is 30.4 Å². The van der Waals surface area contributed by atoms with Crippen LogP contribution in [0.3, 0.4) is 0 Å². The second-order valence-electron chi connectivity index (χ2n) is 6.06. The maximum absolute atomic E-state index is 12.1. The molecule has 1 unspecified atom stereocenters. The summed E-state index contributed by atoms with van der Waals surface area (Å²) in [5.41, 5.74) is 1.01. The van der Waals surface area contributed by atoms with Crippen LogP contribution < -0.4 is 16.0 Å². The highest BCUT2D eigenvalue weighted by Crippen LogP contribution is 2.15. The van der Waals surface area contributed by atoms with Crippen LogP contribution in [0.1, 0.15) is 39.7 Å². The van der Waals surface area contributed by atoms with Gasteiger partial charge in [-0.3, -0.25) is 14.3 Å². The molecule has 25 heavy (non-hydrogen) atoms. The van der Waals surface area contributed by atoms with E-state index in [1.54, 1.807) is 18.2 Å². The predicted molar refractivity (Wildman–Crippen MR) is 94.5 cm³/mol. The zero-order valence-electron chi connectivity index (χ0n) is 14.1. The Morgan fingerprint density at radius 3 is 2.60 bits per heavy atom. The molecule has 0 bridgehead atoms. The lowest BCUT2D eigenvalue weighted by atomic mass is 10.1. The van der Waals surface area contributed by atoms with Gasteiger partial charge in [0.15, 0.2) is 0 Å². The molecule has 2 heterocycles. The van der Waals surface area contributed by atoms with Gasteiger partial charge < -0.3 is 16.0 Å². The number of aromatic nitrogens is 2. The van der Waals surface area contributed by atoms with E-state index in [0.717, 1.165) is 25.9 Å². The molecule has 3 N–H and O–H groups in total. The number of carbonyl (C=O) groups excluding carboxylic acids is 2. The van der Waals surface area contributed by atoms with E-state index in [4.69, 9.17) is 0 Å².